The smallest absolute Gasteiger partial charge is 0.142 e. The van der Waals surface area contributed by atoms with E-state index in [2.05, 4.69) is 0 Å². The molecule has 1 atom stereocenters. The van der Waals surface area contributed by atoms with Gasteiger partial charge in [0.1, 0.15) is 11.5 Å². The summed E-state index contributed by atoms with van der Waals surface area (Å²) in [6.45, 7) is -0.287. The van der Waals surface area contributed by atoms with E-state index in [0.717, 1.165) is 0 Å². The van der Waals surface area contributed by atoms with Gasteiger partial charge in [-0.1, -0.05) is 11.6 Å². The summed E-state index contributed by atoms with van der Waals surface area (Å²) in [5.41, 5.74) is 5.91. The van der Waals surface area contributed by atoms with E-state index >= 15 is 0 Å². The van der Waals surface area contributed by atoms with Crippen LogP contribution in [0, 0.1) is 0 Å². The molecule has 0 spiro atoms. The van der Waals surface area contributed by atoms with Crippen LogP contribution in [0.1, 0.15) is 11.6 Å². The summed E-state index contributed by atoms with van der Waals surface area (Å²) in [5, 5.41) is 18.7. The first-order valence-corrected chi connectivity index (χ1v) is 4.41. The Balaban J connectivity index is 3.27. The minimum Gasteiger partial charge on any atom is -0.506 e. The molecule has 0 bridgehead atoms. The van der Waals surface area contributed by atoms with E-state index in [0.29, 0.717) is 11.3 Å². The zero-order chi connectivity index (χ0) is 10.7. The van der Waals surface area contributed by atoms with Gasteiger partial charge >= 0.3 is 0 Å². The highest BCUT2D eigenvalue weighted by molar-refractivity contribution is 6.32. The van der Waals surface area contributed by atoms with Gasteiger partial charge in [0.05, 0.1) is 30.3 Å². The van der Waals surface area contributed by atoms with E-state index in [9.17, 15) is 5.11 Å². The lowest BCUT2D eigenvalue weighted by atomic mass is 10.1. The highest BCUT2D eigenvalue weighted by atomic mass is 35.5. The molecule has 1 aromatic carbocycles. The van der Waals surface area contributed by atoms with Crippen molar-refractivity contribution in [2.75, 3.05) is 13.7 Å². The van der Waals surface area contributed by atoms with Gasteiger partial charge in [-0.15, -0.1) is 0 Å². The number of aliphatic hydroxyl groups excluding tert-OH is 1. The number of phenolic OH excluding ortho intramolecular Hbond substituents is 1. The number of hydrogen-bond donors (Lipinski definition) is 3. The van der Waals surface area contributed by atoms with Gasteiger partial charge in [0.15, 0.2) is 0 Å². The molecule has 1 aromatic rings. The molecule has 0 saturated carbocycles. The summed E-state index contributed by atoms with van der Waals surface area (Å²) in [5.74, 6) is 0.265. The van der Waals surface area contributed by atoms with Crippen LogP contribution in [0.25, 0.3) is 0 Å². The first-order valence-electron chi connectivity index (χ1n) is 4.03. The van der Waals surface area contributed by atoms with Gasteiger partial charge in [-0.25, -0.2) is 0 Å². The van der Waals surface area contributed by atoms with Gasteiger partial charge < -0.3 is 20.7 Å². The molecule has 0 saturated heterocycles. The Bertz CT molecular complexity index is 330. The Morgan fingerprint density at radius 3 is 2.71 bits per heavy atom. The average molecular weight is 218 g/mol. The quantitative estimate of drug-likeness (QED) is 0.707. The molecule has 1 rings (SSSR count). The lowest BCUT2D eigenvalue weighted by Gasteiger charge is -2.15. The predicted molar refractivity (Wildman–Crippen MR) is 53.7 cm³/mol. The highest BCUT2D eigenvalue weighted by Crippen LogP contribution is 2.37. The molecule has 5 heteroatoms. The molecule has 0 amide bonds. The van der Waals surface area contributed by atoms with Crippen molar-refractivity contribution in [1.29, 1.82) is 0 Å². The number of halogens is 1. The van der Waals surface area contributed by atoms with Gasteiger partial charge in [-0.3, -0.25) is 0 Å². The van der Waals surface area contributed by atoms with Crippen LogP contribution in [0.15, 0.2) is 12.1 Å². The van der Waals surface area contributed by atoms with Gasteiger partial charge in [0.2, 0.25) is 0 Å². The Morgan fingerprint density at radius 2 is 2.21 bits per heavy atom. The van der Waals surface area contributed by atoms with Crippen molar-refractivity contribution in [2.45, 2.75) is 6.04 Å². The fourth-order valence-corrected chi connectivity index (χ4v) is 1.36. The molecule has 0 radical (unpaired) electrons. The zero-order valence-electron chi connectivity index (χ0n) is 7.70. The first-order chi connectivity index (χ1) is 6.61. The number of ether oxygens (including phenoxy) is 1. The standard InChI is InChI=1S/C9H12ClNO3/c1-14-7-3-2-5(10)9(13)8(7)6(11)4-12/h2-3,6,12-13H,4,11H2,1H3. The predicted octanol–water partition coefficient (Wildman–Crippen LogP) is 1.05. The SMILES string of the molecule is COc1ccc(Cl)c(O)c1C(N)CO. The van der Waals surface area contributed by atoms with E-state index in [-0.39, 0.29) is 17.4 Å². The summed E-state index contributed by atoms with van der Waals surface area (Å²) in [6, 6.07) is 2.39. The normalized spacial score (nSPS) is 12.6. The maximum Gasteiger partial charge on any atom is 0.142 e. The van der Waals surface area contributed by atoms with Crippen LogP contribution in [-0.4, -0.2) is 23.9 Å². The van der Waals surface area contributed by atoms with Crippen LogP contribution in [0.5, 0.6) is 11.5 Å². The van der Waals surface area contributed by atoms with Crippen molar-refractivity contribution in [3.63, 3.8) is 0 Å². The van der Waals surface area contributed by atoms with E-state index in [4.69, 9.17) is 27.2 Å². The second-order valence-corrected chi connectivity index (χ2v) is 3.21. The number of aromatic hydroxyl groups is 1. The molecule has 0 fully saturated rings. The minimum atomic E-state index is -0.705. The van der Waals surface area contributed by atoms with Crippen LogP contribution in [-0.2, 0) is 0 Å². The average Bonchev–Trinajstić information content (AvgIpc) is 2.20. The lowest BCUT2D eigenvalue weighted by Crippen LogP contribution is -2.15. The Hall–Kier alpha value is -0.970. The van der Waals surface area contributed by atoms with Gasteiger partial charge in [-0.2, -0.15) is 0 Å². The van der Waals surface area contributed by atoms with Crippen LogP contribution in [0.4, 0.5) is 0 Å². The van der Waals surface area contributed by atoms with Gasteiger partial charge in [0.25, 0.3) is 0 Å². The lowest BCUT2D eigenvalue weighted by molar-refractivity contribution is 0.261. The fraction of sp³-hybridized carbons (Fsp3) is 0.333. The molecular formula is C9H12ClNO3. The summed E-state index contributed by atoms with van der Waals surface area (Å²) < 4.78 is 4.99. The van der Waals surface area contributed by atoms with Gasteiger partial charge in [-0.05, 0) is 12.1 Å². The molecule has 0 aliphatic heterocycles. The Morgan fingerprint density at radius 1 is 1.57 bits per heavy atom. The summed E-state index contributed by atoms with van der Waals surface area (Å²) >= 11 is 5.70. The van der Waals surface area contributed by atoms with Gasteiger partial charge in [0, 0.05) is 0 Å². The second kappa shape index (κ2) is 4.50. The molecule has 0 aliphatic rings. The number of aliphatic hydroxyl groups is 1. The Kier molecular flexibility index (Phi) is 3.57. The Labute approximate surface area is 86.9 Å². The number of phenols is 1. The van der Waals surface area contributed by atoms with E-state index in [1.807, 2.05) is 0 Å². The van der Waals surface area contributed by atoms with E-state index in [1.54, 1.807) is 6.07 Å². The molecule has 78 valence electrons. The molecule has 0 aromatic heterocycles. The number of methoxy groups -OCH3 is 1. The van der Waals surface area contributed by atoms with Crippen LogP contribution >= 0.6 is 11.6 Å². The summed E-state index contributed by atoms with van der Waals surface area (Å²) in [6.07, 6.45) is 0. The van der Waals surface area contributed by atoms with Crippen molar-refractivity contribution in [3.05, 3.63) is 22.7 Å². The summed E-state index contributed by atoms with van der Waals surface area (Å²) in [7, 11) is 1.45. The number of nitrogens with two attached hydrogens (primary N) is 1. The van der Waals surface area contributed by atoms with Crippen LogP contribution in [0.2, 0.25) is 5.02 Å². The first kappa shape index (κ1) is 11.1. The monoisotopic (exact) mass is 217 g/mol. The van der Waals surface area contributed by atoms with Crippen molar-refractivity contribution in [1.82, 2.24) is 0 Å². The van der Waals surface area contributed by atoms with Crippen LogP contribution < -0.4 is 10.5 Å². The maximum absolute atomic E-state index is 9.61. The number of benzene rings is 1. The summed E-state index contributed by atoms with van der Waals surface area (Å²) in [4.78, 5) is 0. The molecule has 0 heterocycles. The third-order valence-corrected chi connectivity index (χ3v) is 2.22. The fourth-order valence-electron chi connectivity index (χ4n) is 1.19. The third kappa shape index (κ3) is 1.92. The van der Waals surface area contributed by atoms with Crippen molar-refractivity contribution >= 4 is 11.6 Å². The van der Waals surface area contributed by atoms with Crippen molar-refractivity contribution in [3.8, 4) is 11.5 Å². The third-order valence-electron chi connectivity index (χ3n) is 1.92. The molecular weight excluding hydrogens is 206 g/mol. The molecule has 4 N–H and O–H groups in total. The van der Waals surface area contributed by atoms with E-state index in [1.165, 1.54) is 13.2 Å². The largest absolute Gasteiger partial charge is 0.506 e. The molecule has 4 nitrogen and oxygen atoms in total. The number of hydrogen-bond acceptors (Lipinski definition) is 4. The van der Waals surface area contributed by atoms with Crippen molar-refractivity contribution in [2.24, 2.45) is 5.73 Å². The highest BCUT2D eigenvalue weighted by Gasteiger charge is 2.18. The second-order valence-electron chi connectivity index (χ2n) is 2.80. The van der Waals surface area contributed by atoms with E-state index < -0.39 is 6.04 Å². The van der Waals surface area contributed by atoms with Crippen LogP contribution in [0.3, 0.4) is 0 Å². The molecule has 1 unspecified atom stereocenters. The van der Waals surface area contributed by atoms with Crippen molar-refractivity contribution < 1.29 is 14.9 Å². The zero-order valence-corrected chi connectivity index (χ0v) is 8.45. The molecule has 14 heavy (non-hydrogen) atoms. The maximum atomic E-state index is 9.61. The molecule has 0 aliphatic carbocycles. The number of rotatable bonds is 3. The topological polar surface area (TPSA) is 75.7 Å². The minimum absolute atomic E-state index is 0.146.